The van der Waals surface area contributed by atoms with E-state index in [0.29, 0.717) is 17.5 Å². The van der Waals surface area contributed by atoms with E-state index in [4.69, 9.17) is 5.73 Å². The second kappa shape index (κ2) is 4.16. The number of nitrogens with two attached hydrogens (primary N) is 1. The number of rotatable bonds is 3. The molecule has 0 bridgehead atoms. The fourth-order valence-corrected chi connectivity index (χ4v) is 1.94. The van der Waals surface area contributed by atoms with Crippen LogP contribution in [0.25, 0.3) is 0 Å². The van der Waals surface area contributed by atoms with Gasteiger partial charge in [0.25, 0.3) is 5.91 Å². The van der Waals surface area contributed by atoms with Crippen molar-refractivity contribution in [2.24, 2.45) is 5.92 Å². The summed E-state index contributed by atoms with van der Waals surface area (Å²) in [7, 11) is 0. The quantitative estimate of drug-likeness (QED) is 0.763. The molecule has 3 nitrogen and oxygen atoms in total. The van der Waals surface area contributed by atoms with Gasteiger partial charge in [-0.2, -0.15) is 0 Å². The molecule has 0 spiro atoms. The summed E-state index contributed by atoms with van der Waals surface area (Å²) in [6, 6.07) is 5.79. The van der Waals surface area contributed by atoms with E-state index in [2.05, 4.69) is 12.2 Å². The Kier molecular flexibility index (Phi) is 2.86. The molecule has 86 valence electrons. The van der Waals surface area contributed by atoms with Gasteiger partial charge in [-0.05, 0) is 43.0 Å². The molecule has 2 atom stereocenters. The molecule has 1 aliphatic rings. The first-order valence-corrected chi connectivity index (χ1v) is 5.78. The normalized spacial score (nSPS) is 22.9. The van der Waals surface area contributed by atoms with Gasteiger partial charge >= 0.3 is 0 Å². The highest BCUT2D eigenvalue weighted by atomic mass is 16.1. The third kappa shape index (κ3) is 2.18. The molecule has 3 heteroatoms. The van der Waals surface area contributed by atoms with Crippen LogP contribution >= 0.6 is 0 Å². The Hall–Kier alpha value is -1.51. The summed E-state index contributed by atoms with van der Waals surface area (Å²) in [4.78, 5) is 11.9. The Morgan fingerprint density at radius 3 is 2.88 bits per heavy atom. The minimum absolute atomic E-state index is 0.0176. The molecule has 1 fully saturated rings. The van der Waals surface area contributed by atoms with Crippen LogP contribution in [0.4, 0.5) is 5.69 Å². The lowest BCUT2D eigenvalue weighted by atomic mass is 10.1. The van der Waals surface area contributed by atoms with Crippen LogP contribution in [0.3, 0.4) is 0 Å². The molecule has 2 rings (SSSR count). The third-order valence-corrected chi connectivity index (χ3v) is 3.30. The Labute approximate surface area is 96.0 Å². The molecular weight excluding hydrogens is 200 g/mol. The van der Waals surface area contributed by atoms with Crippen LogP contribution in [-0.4, -0.2) is 11.9 Å². The minimum atomic E-state index is 0.0176. The average molecular weight is 218 g/mol. The zero-order valence-electron chi connectivity index (χ0n) is 9.79. The van der Waals surface area contributed by atoms with Crippen molar-refractivity contribution in [3.8, 4) is 0 Å². The van der Waals surface area contributed by atoms with Gasteiger partial charge in [0.2, 0.25) is 0 Å². The molecule has 1 aromatic rings. The van der Waals surface area contributed by atoms with Gasteiger partial charge in [-0.3, -0.25) is 4.79 Å². The van der Waals surface area contributed by atoms with Crippen LogP contribution < -0.4 is 11.1 Å². The zero-order valence-corrected chi connectivity index (χ0v) is 9.79. The highest BCUT2D eigenvalue weighted by Crippen LogP contribution is 2.33. The van der Waals surface area contributed by atoms with Crippen LogP contribution in [0.2, 0.25) is 0 Å². The molecule has 1 amide bonds. The maximum absolute atomic E-state index is 11.9. The number of amides is 1. The molecule has 1 saturated carbocycles. The minimum Gasteiger partial charge on any atom is -0.399 e. The summed E-state index contributed by atoms with van der Waals surface area (Å²) in [6.07, 6.45) is 2.27. The van der Waals surface area contributed by atoms with Crippen molar-refractivity contribution in [3.63, 3.8) is 0 Å². The molecule has 1 aromatic carbocycles. The fraction of sp³-hybridized carbons (Fsp3) is 0.462. The topological polar surface area (TPSA) is 55.1 Å². The summed E-state index contributed by atoms with van der Waals surface area (Å²) in [5.41, 5.74) is 8.10. The number of benzene rings is 1. The molecule has 0 saturated heterocycles. The Morgan fingerprint density at radius 2 is 2.31 bits per heavy atom. The number of anilines is 1. The van der Waals surface area contributed by atoms with Crippen molar-refractivity contribution >= 4 is 11.6 Å². The number of hydrogen-bond donors (Lipinski definition) is 2. The van der Waals surface area contributed by atoms with Crippen molar-refractivity contribution in [1.29, 1.82) is 0 Å². The molecule has 3 N–H and O–H groups in total. The van der Waals surface area contributed by atoms with E-state index in [0.717, 1.165) is 24.1 Å². The van der Waals surface area contributed by atoms with Gasteiger partial charge in [0.15, 0.2) is 0 Å². The fourth-order valence-electron chi connectivity index (χ4n) is 1.94. The molecule has 0 aliphatic heterocycles. The van der Waals surface area contributed by atoms with Gasteiger partial charge in [-0.15, -0.1) is 0 Å². The monoisotopic (exact) mass is 218 g/mol. The van der Waals surface area contributed by atoms with Gasteiger partial charge in [-0.25, -0.2) is 0 Å². The van der Waals surface area contributed by atoms with Crippen LogP contribution in [-0.2, 0) is 0 Å². The Bertz CT molecular complexity index is 414. The van der Waals surface area contributed by atoms with E-state index >= 15 is 0 Å². The second-order valence-electron chi connectivity index (χ2n) is 4.56. The summed E-state index contributed by atoms with van der Waals surface area (Å²) in [6.45, 7) is 4.07. The van der Waals surface area contributed by atoms with E-state index in [1.54, 1.807) is 12.1 Å². The molecular formula is C13H18N2O. The molecule has 1 aliphatic carbocycles. The molecule has 16 heavy (non-hydrogen) atoms. The van der Waals surface area contributed by atoms with Crippen molar-refractivity contribution in [2.75, 3.05) is 5.73 Å². The van der Waals surface area contributed by atoms with Gasteiger partial charge in [0, 0.05) is 17.3 Å². The first-order chi connectivity index (χ1) is 7.61. The highest BCUT2D eigenvalue weighted by Gasteiger charge is 2.36. The van der Waals surface area contributed by atoms with Crippen LogP contribution in [0.1, 0.15) is 35.7 Å². The number of carbonyl (C=O) groups excluding carboxylic acids is 1. The van der Waals surface area contributed by atoms with Crippen molar-refractivity contribution in [3.05, 3.63) is 29.3 Å². The van der Waals surface area contributed by atoms with Gasteiger partial charge in [0.05, 0.1) is 0 Å². The van der Waals surface area contributed by atoms with E-state index in [1.807, 2.05) is 13.0 Å². The smallest absolute Gasteiger partial charge is 0.251 e. The van der Waals surface area contributed by atoms with Crippen LogP contribution in [0.5, 0.6) is 0 Å². The second-order valence-corrected chi connectivity index (χ2v) is 4.56. The average Bonchev–Trinajstić information content (AvgIpc) is 3.00. The number of nitrogen functional groups attached to an aromatic ring is 1. The Balaban J connectivity index is 2.01. The van der Waals surface area contributed by atoms with Gasteiger partial charge in [0.1, 0.15) is 0 Å². The van der Waals surface area contributed by atoms with Crippen molar-refractivity contribution < 1.29 is 4.79 Å². The van der Waals surface area contributed by atoms with Gasteiger partial charge in [-0.1, -0.05) is 13.3 Å². The van der Waals surface area contributed by atoms with Crippen LogP contribution in [0.15, 0.2) is 18.2 Å². The van der Waals surface area contributed by atoms with E-state index < -0.39 is 0 Å². The largest absolute Gasteiger partial charge is 0.399 e. The molecule has 0 heterocycles. The predicted octanol–water partition coefficient (Wildman–Crippen LogP) is 2.11. The summed E-state index contributed by atoms with van der Waals surface area (Å²) in [5, 5.41) is 3.04. The SMILES string of the molecule is CCC1CC1NC(=O)c1ccc(N)c(C)c1. The van der Waals surface area contributed by atoms with Crippen molar-refractivity contribution in [2.45, 2.75) is 32.7 Å². The third-order valence-electron chi connectivity index (χ3n) is 3.30. The molecule has 2 unspecified atom stereocenters. The lowest BCUT2D eigenvalue weighted by Crippen LogP contribution is -2.26. The standard InChI is InChI=1S/C13H18N2O/c1-3-9-7-12(9)15-13(16)10-4-5-11(14)8(2)6-10/h4-6,9,12H,3,7,14H2,1-2H3,(H,15,16). The Morgan fingerprint density at radius 1 is 1.56 bits per heavy atom. The number of carbonyl (C=O) groups is 1. The number of hydrogen-bond acceptors (Lipinski definition) is 2. The highest BCUT2D eigenvalue weighted by molar-refractivity contribution is 5.95. The number of nitrogens with one attached hydrogen (secondary N) is 1. The first-order valence-electron chi connectivity index (χ1n) is 5.78. The number of aryl methyl sites for hydroxylation is 1. The molecule has 0 radical (unpaired) electrons. The van der Waals surface area contributed by atoms with E-state index in [9.17, 15) is 4.79 Å². The lowest BCUT2D eigenvalue weighted by molar-refractivity contribution is 0.0949. The van der Waals surface area contributed by atoms with E-state index in [-0.39, 0.29) is 5.91 Å². The zero-order chi connectivity index (χ0) is 11.7. The maximum Gasteiger partial charge on any atom is 0.251 e. The van der Waals surface area contributed by atoms with Gasteiger partial charge < -0.3 is 11.1 Å². The summed E-state index contributed by atoms with van der Waals surface area (Å²) < 4.78 is 0. The first kappa shape index (κ1) is 11.0. The summed E-state index contributed by atoms with van der Waals surface area (Å²) >= 11 is 0. The summed E-state index contributed by atoms with van der Waals surface area (Å²) in [5.74, 6) is 0.697. The van der Waals surface area contributed by atoms with E-state index in [1.165, 1.54) is 0 Å². The lowest BCUT2D eigenvalue weighted by Gasteiger charge is -2.06. The van der Waals surface area contributed by atoms with Crippen LogP contribution in [0, 0.1) is 12.8 Å². The molecule has 0 aromatic heterocycles. The predicted molar refractivity (Wildman–Crippen MR) is 65.2 cm³/mol. The van der Waals surface area contributed by atoms with Crippen molar-refractivity contribution in [1.82, 2.24) is 5.32 Å². The maximum atomic E-state index is 11.9.